The fraction of sp³-hybridized carbons (Fsp3) is 0.412. The Morgan fingerprint density at radius 3 is 2.74 bits per heavy atom. The minimum absolute atomic E-state index is 0.0217. The molecule has 2 aromatic rings. The molecule has 1 aliphatic rings. The SMILES string of the molecule is CCNC(=O)N1CCN(c2ccnc3ccc(OC)cc23)CC1. The number of piperazine rings is 1. The molecule has 0 aliphatic carbocycles. The van der Waals surface area contributed by atoms with Crippen LogP contribution in [-0.2, 0) is 0 Å². The molecular formula is C17H22N4O2. The second kappa shape index (κ2) is 6.73. The van der Waals surface area contributed by atoms with Crippen molar-refractivity contribution in [3.8, 4) is 5.75 Å². The summed E-state index contributed by atoms with van der Waals surface area (Å²) in [4.78, 5) is 20.5. The molecule has 2 heterocycles. The van der Waals surface area contributed by atoms with E-state index in [0.29, 0.717) is 6.54 Å². The van der Waals surface area contributed by atoms with Crippen LogP contribution in [-0.4, -0.2) is 55.7 Å². The van der Waals surface area contributed by atoms with Crippen LogP contribution in [0.2, 0.25) is 0 Å². The molecule has 6 nitrogen and oxygen atoms in total. The molecule has 1 aromatic carbocycles. The number of hydrogen-bond donors (Lipinski definition) is 1. The van der Waals surface area contributed by atoms with Gasteiger partial charge in [-0.05, 0) is 31.2 Å². The van der Waals surface area contributed by atoms with Crippen LogP contribution in [0.1, 0.15) is 6.92 Å². The monoisotopic (exact) mass is 314 g/mol. The highest BCUT2D eigenvalue weighted by Crippen LogP contribution is 2.29. The summed E-state index contributed by atoms with van der Waals surface area (Å²) in [5.74, 6) is 0.827. The van der Waals surface area contributed by atoms with Gasteiger partial charge in [0.2, 0.25) is 0 Å². The summed E-state index contributed by atoms with van der Waals surface area (Å²) in [6.45, 7) is 5.67. The van der Waals surface area contributed by atoms with Gasteiger partial charge in [-0.25, -0.2) is 4.79 Å². The summed E-state index contributed by atoms with van der Waals surface area (Å²) in [6, 6.07) is 7.97. The van der Waals surface area contributed by atoms with Crippen LogP contribution in [0.15, 0.2) is 30.5 Å². The maximum Gasteiger partial charge on any atom is 0.317 e. The molecule has 122 valence electrons. The Morgan fingerprint density at radius 1 is 1.26 bits per heavy atom. The summed E-state index contributed by atoms with van der Waals surface area (Å²) >= 11 is 0. The molecule has 0 bridgehead atoms. The first-order chi connectivity index (χ1) is 11.2. The Hall–Kier alpha value is -2.50. The third-order valence-electron chi connectivity index (χ3n) is 4.16. The van der Waals surface area contributed by atoms with E-state index >= 15 is 0 Å². The molecule has 3 rings (SSSR count). The van der Waals surface area contributed by atoms with E-state index in [0.717, 1.165) is 48.5 Å². The fourth-order valence-electron chi connectivity index (χ4n) is 2.93. The Kier molecular flexibility index (Phi) is 4.50. The zero-order valence-electron chi connectivity index (χ0n) is 13.6. The number of pyridine rings is 1. The third kappa shape index (κ3) is 3.16. The number of benzene rings is 1. The first kappa shape index (κ1) is 15.4. The molecule has 0 atom stereocenters. The lowest BCUT2D eigenvalue weighted by atomic mass is 10.1. The van der Waals surface area contributed by atoms with Gasteiger partial charge < -0.3 is 19.9 Å². The van der Waals surface area contributed by atoms with Crippen LogP contribution < -0.4 is 15.0 Å². The van der Waals surface area contributed by atoms with Gasteiger partial charge in [-0.1, -0.05) is 0 Å². The smallest absolute Gasteiger partial charge is 0.317 e. The van der Waals surface area contributed by atoms with Gasteiger partial charge in [0.25, 0.3) is 0 Å². The number of nitrogens with zero attached hydrogens (tertiary/aromatic N) is 3. The number of urea groups is 1. The molecule has 0 unspecified atom stereocenters. The minimum Gasteiger partial charge on any atom is -0.497 e. The van der Waals surface area contributed by atoms with Crippen molar-refractivity contribution >= 4 is 22.6 Å². The van der Waals surface area contributed by atoms with E-state index in [1.807, 2.05) is 42.3 Å². The molecule has 1 aliphatic heterocycles. The summed E-state index contributed by atoms with van der Waals surface area (Å²) in [5.41, 5.74) is 2.10. The lowest BCUT2D eigenvalue weighted by Gasteiger charge is -2.36. The molecule has 23 heavy (non-hydrogen) atoms. The zero-order valence-corrected chi connectivity index (χ0v) is 13.6. The van der Waals surface area contributed by atoms with Crippen molar-refractivity contribution in [1.29, 1.82) is 0 Å². The number of rotatable bonds is 3. The number of fused-ring (bicyclic) bond motifs is 1. The lowest BCUT2D eigenvalue weighted by Crippen LogP contribution is -2.51. The first-order valence-corrected chi connectivity index (χ1v) is 7.93. The van der Waals surface area contributed by atoms with Gasteiger partial charge in [-0.15, -0.1) is 0 Å². The minimum atomic E-state index is 0.0217. The first-order valence-electron chi connectivity index (χ1n) is 7.93. The highest BCUT2D eigenvalue weighted by Gasteiger charge is 2.22. The van der Waals surface area contributed by atoms with Crippen molar-refractivity contribution in [1.82, 2.24) is 15.2 Å². The standard InChI is InChI=1S/C17H22N4O2/c1-3-18-17(22)21-10-8-20(9-11-21)16-6-7-19-15-5-4-13(23-2)12-14(15)16/h4-7,12H,3,8-11H2,1-2H3,(H,18,22). The Balaban J connectivity index is 1.80. The molecule has 1 saturated heterocycles. The predicted molar refractivity (Wildman–Crippen MR) is 91.2 cm³/mol. The maximum absolute atomic E-state index is 11.9. The number of aromatic nitrogens is 1. The number of carbonyl (C=O) groups excluding carboxylic acids is 1. The molecular weight excluding hydrogens is 292 g/mol. The number of methoxy groups -OCH3 is 1. The maximum atomic E-state index is 11.9. The molecule has 1 fully saturated rings. The van der Waals surface area contributed by atoms with E-state index in [4.69, 9.17) is 4.74 Å². The van der Waals surface area contributed by atoms with Crippen LogP contribution in [0.3, 0.4) is 0 Å². The van der Waals surface area contributed by atoms with Gasteiger partial charge in [0, 0.05) is 50.0 Å². The van der Waals surface area contributed by atoms with E-state index in [2.05, 4.69) is 15.2 Å². The molecule has 0 spiro atoms. The molecule has 2 amide bonds. The quantitative estimate of drug-likeness (QED) is 0.942. The van der Waals surface area contributed by atoms with Gasteiger partial charge in [-0.3, -0.25) is 4.98 Å². The molecule has 6 heteroatoms. The van der Waals surface area contributed by atoms with Gasteiger partial charge in [-0.2, -0.15) is 0 Å². The van der Waals surface area contributed by atoms with Crippen LogP contribution in [0, 0.1) is 0 Å². The zero-order chi connectivity index (χ0) is 16.2. The van der Waals surface area contributed by atoms with E-state index < -0.39 is 0 Å². The molecule has 1 N–H and O–H groups in total. The van der Waals surface area contributed by atoms with Crippen LogP contribution in [0.25, 0.3) is 10.9 Å². The van der Waals surface area contributed by atoms with Crippen molar-refractivity contribution in [3.63, 3.8) is 0 Å². The van der Waals surface area contributed by atoms with E-state index in [9.17, 15) is 4.79 Å². The highest BCUT2D eigenvalue weighted by molar-refractivity contribution is 5.92. The fourth-order valence-corrected chi connectivity index (χ4v) is 2.93. The summed E-state index contributed by atoms with van der Waals surface area (Å²) in [6.07, 6.45) is 1.83. The second-order valence-electron chi connectivity index (χ2n) is 5.52. The number of nitrogens with one attached hydrogen (secondary N) is 1. The molecule has 1 aromatic heterocycles. The normalized spacial score (nSPS) is 14.9. The summed E-state index contributed by atoms with van der Waals surface area (Å²) < 4.78 is 5.33. The number of hydrogen-bond acceptors (Lipinski definition) is 4. The Morgan fingerprint density at radius 2 is 2.04 bits per heavy atom. The van der Waals surface area contributed by atoms with Crippen molar-refractivity contribution in [2.24, 2.45) is 0 Å². The number of carbonyl (C=O) groups is 1. The average Bonchev–Trinajstić information content (AvgIpc) is 2.61. The van der Waals surface area contributed by atoms with Gasteiger partial charge in [0.05, 0.1) is 12.6 Å². The van der Waals surface area contributed by atoms with Gasteiger partial charge in [0.15, 0.2) is 0 Å². The van der Waals surface area contributed by atoms with Crippen LogP contribution in [0.4, 0.5) is 10.5 Å². The van der Waals surface area contributed by atoms with Gasteiger partial charge >= 0.3 is 6.03 Å². The van der Waals surface area contributed by atoms with E-state index in [1.165, 1.54) is 0 Å². The van der Waals surface area contributed by atoms with Crippen molar-refractivity contribution in [2.75, 3.05) is 44.7 Å². The Bertz CT molecular complexity index is 696. The van der Waals surface area contributed by atoms with Crippen LogP contribution >= 0.6 is 0 Å². The summed E-state index contributed by atoms with van der Waals surface area (Å²) in [7, 11) is 1.67. The number of amides is 2. The largest absolute Gasteiger partial charge is 0.497 e. The number of anilines is 1. The molecule has 0 radical (unpaired) electrons. The van der Waals surface area contributed by atoms with Gasteiger partial charge in [0.1, 0.15) is 5.75 Å². The summed E-state index contributed by atoms with van der Waals surface area (Å²) in [5, 5.41) is 3.94. The predicted octanol–water partition coefficient (Wildman–Crippen LogP) is 2.09. The van der Waals surface area contributed by atoms with E-state index in [1.54, 1.807) is 7.11 Å². The number of ether oxygens (including phenoxy) is 1. The van der Waals surface area contributed by atoms with Crippen molar-refractivity contribution in [2.45, 2.75) is 6.92 Å². The Labute approximate surface area is 136 Å². The topological polar surface area (TPSA) is 57.7 Å². The lowest BCUT2D eigenvalue weighted by molar-refractivity contribution is 0.195. The van der Waals surface area contributed by atoms with E-state index in [-0.39, 0.29) is 6.03 Å². The highest BCUT2D eigenvalue weighted by atomic mass is 16.5. The molecule has 0 saturated carbocycles. The van der Waals surface area contributed by atoms with Crippen molar-refractivity contribution in [3.05, 3.63) is 30.5 Å². The van der Waals surface area contributed by atoms with Crippen molar-refractivity contribution < 1.29 is 9.53 Å². The average molecular weight is 314 g/mol. The second-order valence-corrected chi connectivity index (χ2v) is 5.52. The third-order valence-corrected chi connectivity index (χ3v) is 4.16. The van der Waals surface area contributed by atoms with Crippen LogP contribution in [0.5, 0.6) is 5.75 Å².